The second kappa shape index (κ2) is 4.05. The quantitative estimate of drug-likeness (QED) is 0.596. The summed E-state index contributed by atoms with van der Waals surface area (Å²) in [6, 6.07) is 13.5. The van der Waals surface area contributed by atoms with E-state index in [1.54, 1.807) is 10.9 Å². The van der Waals surface area contributed by atoms with E-state index in [1.165, 1.54) is 22.1 Å². The molecule has 0 aliphatic carbocycles. The monoisotopic (exact) mass is 232 g/mol. The predicted molar refractivity (Wildman–Crippen MR) is 84.1 cm³/mol. The molecule has 2 aromatic rings. The van der Waals surface area contributed by atoms with Crippen molar-refractivity contribution in [3.8, 4) is 0 Å². The molecule has 0 nitrogen and oxygen atoms in total. The van der Waals surface area contributed by atoms with Gasteiger partial charge in [0, 0.05) is 0 Å². The lowest BCUT2D eigenvalue weighted by molar-refractivity contribution is 1.45. The van der Waals surface area contributed by atoms with E-state index in [2.05, 4.69) is 63.9 Å². The summed E-state index contributed by atoms with van der Waals surface area (Å²) in [7, 11) is 0. The van der Waals surface area contributed by atoms with Gasteiger partial charge in [0.15, 0.2) is 0 Å². The highest BCUT2D eigenvalue weighted by molar-refractivity contribution is 7.02. The third-order valence-corrected chi connectivity index (χ3v) is 4.52. The zero-order valence-electron chi connectivity index (χ0n) is 11.6. The molecule has 0 aromatic heterocycles. The summed E-state index contributed by atoms with van der Waals surface area (Å²) in [5.74, 6) is 0. The van der Waals surface area contributed by atoms with Crippen molar-refractivity contribution >= 4 is 35.3 Å². The van der Waals surface area contributed by atoms with Gasteiger partial charge in [0.05, 0.1) is 0 Å². The first-order valence-corrected chi connectivity index (χ1v) is 6.80. The van der Waals surface area contributed by atoms with Gasteiger partial charge in [0.1, 0.15) is 0 Å². The molecule has 1 heterocycles. The lowest BCUT2D eigenvalue weighted by atomic mass is 9.24. The summed E-state index contributed by atoms with van der Waals surface area (Å²) in [6.07, 6.45) is 0. The van der Waals surface area contributed by atoms with E-state index in [-0.39, 0.29) is 0 Å². The van der Waals surface area contributed by atoms with Gasteiger partial charge < -0.3 is 0 Å². The molecule has 88 valence electrons. The van der Waals surface area contributed by atoms with Crippen molar-refractivity contribution in [2.45, 2.75) is 27.5 Å². The molecule has 3 rings (SSSR count). The van der Waals surface area contributed by atoms with Gasteiger partial charge in [-0.1, -0.05) is 83.0 Å². The van der Waals surface area contributed by atoms with Crippen molar-refractivity contribution in [3.05, 3.63) is 47.5 Å². The Hall–Kier alpha value is -1.43. The topological polar surface area (TPSA) is 0 Å². The molecule has 2 aromatic carbocycles. The molecule has 0 atom stereocenters. The van der Waals surface area contributed by atoms with Gasteiger partial charge in [-0.15, -0.1) is 0 Å². The molecule has 0 N–H and O–H groups in total. The van der Waals surface area contributed by atoms with Crippen LogP contribution in [0, 0.1) is 13.8 Å². The van der Waals surface area contributed by atoms with Crippen LogP contribution in [0.4, 0.5) is 0 Å². The number of hydrogen-bond donors (Lipinski definition) is 0. The largest absolute Gasteiger partial charge is 0.205 e. The Bertz CT molecular complexity index is 562. The highest BCUT2D eigenvalue weighted by atomic mass is 14.1. The summed E-state index contributed by atoms with van der Waals surface area (Å²) >= 11 is 0. The van der Waals surface area contributed by atoms with Gasteiger partial charge in [0.25, 0.3) is 0 Å². The highest BCUT2D eigenvalue weighted by Gasteiger charge is 2.32. The highest BCUT2D eigenvalue weighted by Crippen LogP contribution is 2.06. The van der Waals surface area contributed by atoms with Crippen LogP contribution in [0.15, 0.2) is 36.4 Å². The zero-order chi connectivity index (χ0) is 12.9. The molecular weight excluding hydrogens is 214 g/mol. The zero-order valence-corrected chi connectivity index (χ0v) is 11.6. The van der Waals surface area contributed by atoms with Crippen LogP contribution in [-0.4, -0.2) is 13.4 Å². The number of rotatable bonds is 0. The summed E-state index contributed by atoms with van der Waals surface area (Å²) in [5, 5.41) is 0. The molecule has 0 spiro atoms. The van der Waals surface area contributed by atoms with Crippen molar-refractivity contribution < 1.29 is 0 Å². The molecule has 0 saturated heterocycles. The van der Waals surface area contributed by atoms with Gasteiger partial charge in [0.2, 0.25) is 13.4 Å². The first-order valence-electron chi connectivity index (χ1n) is 6.80. The van der Waals surface area contributed by atoms with E-state index in [4.69, 9.17) is 0 Å². The van der Waals surface area contributed by atoms with Gasteiger partial charge in [-0.05, 0) is 13.8 Å². The molecule has 1 aliphatic heterocycles. The Balaban J connectivity index is 2.33. The summed E-state index contributed by atoms with van der Waals surface area (Å²) in [4.78, 5) is 0. The van der Waals surface area contributed by atoms with Gasteiger partial charge in [-0.3, -0.25) is 0 Å². The van der Waals surface area contributed by atoms with Crippen LogP contribution in [0.3, 0.4) is 0 Å². The molecule has 0 unspecified atom stereocenters. The first-order chi connectivity index (χ1) is 8.61. The van der Waals surface area contributed by atoms with Crippen molar-refractivity contribution in [1.82, 2.24) is 0 Å². The maximum absolute atomic E-state index is 2.34. The van der Waals surface area contributed by atoms with E-state index < -0.39 is 0 Å². The van der Waals surface area contributed by atoms with Crippen LogP contribution < -0.4 is 21.9 Å². The maximum Gasteiger partial charge on any atom is 0.205 e. The molecule has 0 radical (unpaired) electrons. The van der Waals surface area contributed by atoms with E-state index in [1.807, 2.05) is 0 Å². The minimum absolute atomic E-state index is 0.521. The average Bonchev–Trinajstić information content (AvgIpc) is 2.38. The summed E-state index contributed by atoms with van der Waals surface area (Å²) in [5.41, 5.74) is 8.99. The van der Waals surface area contributed by atoms with Crippen LogP contribution in [-0.2, 0) is 0 Å². The van der Waals surface area contributed by atoms with Gasteiger partial charge in [-0.25, -0.2) is 0 Å². The molecule has 1 aliphatic rings. The van der Waals surface area contributed by atoms with Crippen LogP contribution in [0.2, 0.25) is 13.6 Å². The van der Waals surface area contributed by atoms with Crippen molar-refractivity contribution in [2.75, 3.05) is 0 Å². The molecule has 0 fully saturated rings. The SMILES string of the molecule is CB1c2ccccc2B(C)c2c(C)ccc(C)c21. The Kier molecular flexibility index (Phi) is 2.62. The lowest BCUT2D eigenvalue weighted by Crippen LogP contribution is -2.68. The smallest absolute Gasteiger partial charge is 0.0794 e. The number of hydrogen-bond acceptors (Lipinski definition) is 0. The Morgan fingerprint density at radius 2 is 1.06 bits per heavy atom. The maximum atomic E-state index is 2.34. The van der Waals surface area contributed by atoms with Crippen LogP contribution >= 0.6 is 0 Å². The first kappa shape index (κ1) is 11.6. The van der Waals surface area contributed by atoms with Crippen LogP contribution in [0.25, 0.3) is 0 Å². The molecular formula is C16H18B2. The Morgan fingerprint density at radius 1 is 0.667 bits per heavy atom. The van der Waals surface area contributed by atoms with Crippen molar-refractivity contribution in [2.24, 2.45) is 0 Å². The third kappa shape index (κ3) is 1.48. The fourth-order valence-corrected chi connectivity index (χ4v) is 3.61. The average molecular weight is 232 g/mol. The van der Waals surface area contributed by atoms with Gasteiger partial charge in [-0.2, -0.15) is 0 Å². The minimum Gasteiger partial charge on any atom is -0.0794 e. The normalized spacial score (nSPS) is 13.3. The van der Waals surface area contributed by atoms with Crippen LogP contribution in [0.1, 0.15) is 11.1 Å². The van der Waals surface area contributed by atoms with E-state index in [0.29, 0.717) is 13.4 Å². The molecule has 0 saturated carbocycles. The Labute approximate surface area is 111 Å². The second-order valence-corrected chi connectivity index (χ2v) is 5.60. The molecule has 0 amide bonds. The van der Waals surface area contributed by atoms with E-state index >= 15 is 0 Å². The van der Waals surface area contributed by atoms with E-state index in [0.717, 1.165) is 0 Å². The fraction of sp³-hybridized carbons (Fsp3) is 0.250. The molecule has 2 heteroatoms. The van der Waals surface area contributed by atoms with Gasteiger partial charge >= 0.3 is 0 Å². The fourth-order valence-electron chi connectivity index (χ4n) is 3.61. The molecule has 18 heavy (non-hydrogen) atoms. The second-order valence-electron chi connectivity index (χ2n) is 5.60. The van der Waals surface area contributed by atoms with Crippen LogP contribution in [0.5, 0.6) is 0 Å². The standard InChI is InChI=1S/C16H18B2/c1-11-9-10-12(2)16-15(11)17(3)13-7-5-6-8-14(13)18(16)4/h5-10H,1-4H3. The minimum atomic E-state index is 0.521. The van der Waals surface area contributed by atoms with Crippen molar-refractivity contribution in [3.63, 3.8) is 0 Å². The lowest BCUT2D eigenvalue weighted by Gasteiger charge is -2.30. The summed E-state index contributed by atoms with van der Waals surface area (Å²) < 4.78 is 0. The van der Waals surface area contributed by atoms with E-state index in [9.17, 15) is 0 Å². The third-order valence-electron chi connectivity index (χ3n) is 4.52. The number of aryl methyl sites for hydroxylation is 2. The molecule has 0 bridgehead atoms. The Morgan fingerprint density at radius 3 is 1.44 bits per heavy atom. The van der Waals surface area contributed by atoms with Crippen molar-refractivity contribution in [1.29, 1.82) is 0 Å². The summed E-state index contributed by atoms with van der Waals surface area (Å²) in [6.45, 7) is 10.2. The predicted octanol–water partition coefficient (Wildman–Crippen LogP) is 1.09. The number of benzene rings is 2. The number of fused-ring (bicyclic) bond motifs is 2.